The van der Waals surface area contributed by atoms with Crippen LogP contribution in [0.2, 0.25) is 0 Å². The quantitative estimate of drug-likeness (QED) is 0.196. The Hall–Kier alpha value is -4.89. The Morgan fingerprint density at radius 1 is 0.884 bits per heavy atom. The molecular formula is C34H35N5O4. The summed E-state index contributed by atoms with van der Waals surface area (Å²) < 4.78 is 18.5. The molecule has 7 rings (SSSR count). The van der Waals surface area contributed by atoms with Crippen LogP contribution in [0.3, 0.4) is 0 Å². The summed E-state index contributed by atoms with van der Waals surface area (Å²) in [4.78, 5) is 20.4. The number of aromatic nitrogens is 3. The van der Waals surface area contributed by atoms with Gasteiger partial charge < -0.3 is 19.5 Å². The molecule has 0 amide bonds. The zero-order valence-electron chi connectivity index (χ0n) is 24.5. The Kier molecular flexibility index (Phi) is 8.51. The molecule has 2 aromatic heterocycles. The van der Waals surface area contributed by atoms with Gasteiger partial charge in [0.05, 0.1) is 5.69 Å². The molecule has 0 atom stereocenters. The fourth-order valence-corrected chi connectivity index (χ4v) is 5.26. The summed E-state index contributed by atoms with van der Waals surface area (Å²) in [5.41, 5.74) is 4.35. The summed E-state index contributed by atoms with van der Waals surface area (Å²) in [7, 11) is 0. The molecule has 1 saturated heterocycles. The predicted molar refractivity (Wildman–Crippen MR) is 167 cm³/mol. The summed E-state index contributed by atoms with van der Waals surface area (Å²) in [5.74, 6) is 2.46. The molecule has 220 valence electrons. The Morgan fingerprint density at radius 3 is 2.49 bits per heavy atom. The molecule has 3 aromatic carbocycles. The average Bonchev–Trinajstić information content (AvgIpc) is 3.83. The molecule has 4 heterocycles. The maximum Gasteiger partial charge on any atom is 0.247 e. The van der Waals surface area contributed by atoms with Crippen molar-refractivity contribution in [3.05, 3.63) is 96.1 Å². The van der Waals surface area contributed by atoms with E-state index in [-0.39, 0.29) is 12.6 Å². The summed E-state index contributed by atoms with van der Waals surface area (Å²) in [6, 6.07) is 26.4. The Balaban J connectivity index is 0.00000161. The molecule has 0 saturated carbocycles. The van der Waals surface area contributed by atoms with Crippen LogP contribution in [-0.2, 0) is 0 Å². The second-order valence-electron chi connectivity index (χ2n) is 10.1. The van der Waals surface area contributed by atoms with Crippen LogP contribution < -0.4 is 19.5 Å². The second-order valence-corrected chi connectivity index (χ2v) is 10.1. The van der Waals surface area contributed by atoms with Crippen molar-refractivity contribution < 1.29 is 19.0 Å². The maximum atomic E-state index is 13.3. The first-order valence-corrected chi connectivity index (χ1v) is 14.8. The van der Waals surface area contributed by atoms with E-state index in [1.807, 2.05) is 80.6 Å². The van der Waals surface area contributed by atoms with E-state index in [0.29, 0.717) is 40.8 Å². The molecule has 2 aliphatic rings. The molecule has 1 N–H and O–H groups in total. The van der Waals surface area contributed by atoms with Gasteiger partial charge in [0, 0.05) is 28.9 Å². The highest BCUT2D eigenvalue weighted by molar-refractivity contribution is 6.09. The molecule has 1 fully saturated rings. The van der Waals surface area contributed by atoms with Gasteiger partial charge in [-0.05, 0) is 86.6 Å². The largest absolute Gasteiger partial charge is 0.492 e. The fourth-order valence-electron chi connectivity index (χ4n) is 5.26. The third-order valence-electron chi connectivity index (χ3n) is 7.40. The van der Waals surface area contributed by atoms with Gasteiger partial charge in [-0.25, -0.2) is 4.52 Å². The van der Waals surface area contributed by atoms with Crippen molar-refractivity contribution in [3.63, 3.8) is 0 Å². The molecule has 9 nitrogen and oxygen atoms in total. The number of anilines is 2. The van der Waals surface area contributed by atoms with Crippen LogP contribution in [0.5, 0.6) is 17.2 Å². The minimum atomic E-state index is -0.0956. The first-order valence-electron chi connectivity index (χ1n) is 14.8. The molecule has 0 aliphatic carbocycles. The molecule has 0 radical (unpaired) electrons. The number of benzene rings is 3. The van der Waals surface area contributed by atoms with Gasteiger partial charge in [-0.1, -0.05) is 38.1 Å². The van der Waals surface area contributed by atoms with Crippen molar-refractivity contribution in [2.75, 3.05) is 38.4 Å². The highest BCUT2D eigenvalue weighted by Gasteiger charge is 2.18. The fraction of sp³-hybridized carbons (Fsp3) is 0.265. The lowest BCUT2D eigenvalue weighted by atomic mass is 10.00. The number of likely N-dealkylation sites (tertiary alicyclic amines) is 1. The maximum absolute atomic E-state index is 13.3. The zero-order valence-corrected chi connectivity index (χ0v) is 24.5. The van der Waals surface area contributed by atoms with E-state index < -0.39 is 0 Å². The molecule has 43 heavy (non-hydrogen) atoms. The number of nitrogens with zero attached hydrogens (tertiary/aromatic N) is 4. The smallest absolute Gasteiger partial charge is 0.247 e. The summed E-state index contributed by atoms with van der Waals surface area (Å²) in [6.45, 7) is 8.16. The number of ether oxygens (including phenoxy) is 3. The van der Waals surface area contributed by atoms with Gasteiger partial charge in [-0.15, -0.1) is 5.10 Å². The monoisotopic (exact) mass is 577 g/mol. The van der Waals surface area contributed by atoms with Crippen molar-refractivity contribution in [1.29, 1.82) is 0 Å². The van der Waals surface area contributed by atoms with E-state index >= 15 is 0 Å². The van der Waals surface area contributed by atoms with E-state index in [1.54, 1.807) is 22.7 Å². The number of fused-ring (bicyclic) bond motifs is 2. The topological polar surface area (TPSA) is 90.2 Å². The first-order chi connectivity index (χ1) is 21.2. The highest BCUT2D eigenvalue weighted by Crippen LogP contribution is 2.33. The SMILES string of the molecule is CC.O=C(c1cccc(-c2cccc3nc(Nc4ccc(OCCN5CCCC5)cc4)nn23)c1)c1ccc2c(c1)OCO2. The number of hydrogen-bond acceptors (Lipinski definition) is 8. The van der Waals surface area contributed by atoms with Gasteiger partial charge in [-0.2, -0.15) is 4.98 Å². The lowest BCUT2D eigenvalue weighted by Gasteiger charge is -2.15. The van der Waals surface area contributed by atoms with E-state index in [4.69, 9.17) is 19.3 Å². The van der Waals surface area contributed by atoms with Crippen molar-refractivity contribution in [2.24, 2.45) is 0 Å². The normalized spacial score (nSPS) is 13.9. The van der Waals surface area contributed by atoms with Crippen molar-refractivity contribution in [1.82, 2.24) is 19.5 Å². The van der Waals surface area contributed by atoms with Gasteiger partial charge >= 0.3 is 0 Å². The Morgan fingerprint density at radius 2 is 1.65 bits per heavy atom. The third-order valence-corrected chi connectivity index (χ3v) is 7.40. The number of ketones is 1. The van der Waals surface area contributed by atoms with Gasteiger partial charge in [0.15, 0.2) is 22.9 Å². The zero-order chi connectivity index (χ0) is 29.6. The third kappa shape index (κ3) is 6.32. The summed E-state index contributed by atoms with van der Waals surface area (Å²) in [5, 5.41) is 8.00. The van der Waals surface area contributed by atoms with Crippen LogP contribution in [0.15, 0.2) is 84.9 Å². The van der Waals surface area contributed by atoms with Gasteiger partial charge in [0.1, 0.15) is 12.4 Å². The standard InChI is InChI=1S/C32H29N5O4.C2H6/c38-31(24-9-14-28-29(20-24)41-21-40-28)23-6-3-5-22(19-23)27-7-4-8-30-34-32(35-37(27)30)33-25-10-12-26(13-11-25)39-18-17-36-15-1-2-16-36;1-2/h3-14,19-20H,1-2,15-18,21H2,(H,33,35);1-2H3. The van der Waals surface area contributed by atoms with Crippen LogP contribution in [0, 0.1) is 0 Å². The summed E-state index contributed by atoms with van der Waals surface area (Å²) in [6.07, 6.45) is 2.57. The second kappa shape index (κ2) is 13.0. The highest BCUT2D eigenvalue weighted by atomic mass is 16.7. The van der Waals surface area contributed by atoms with E-state index in [2.05, 4.69) is 15.2 Å². The lowest BCUT2D eigenvalue weighted by Crippen LogP contribution is -2.25. The molecule has 0 unspecified atom stereocenters. The van der Waals surface area contributed by atoms with Crippen LogP contribution in [0.4, 0.5) is 11.6 Å². The predicted octanol–water partition coefficient (Wildman–Crippen LogP) is 6.60. The number of carbonyl (C=O) groups excluding carboxylic acids is 1. The van der Waals surface area contributed by atoms with E-state index in [9.17, 15) is 4.79 Å². The number of pyridine rings is 1. The number of hydrogen-bond donors (Lipinski definition) is 1. The Labute approximate surface area is 251 Å². The van der Waals surface area contributed by atoms with Crippen LogP contribution >= 0.6 is 0 Å². The van der Waals surface area contributed by atoms with E-state index in [0.717, 1.165) is 29.2 Å². The van der Waals surface area contributed by atoms with Crippen LogP contribution in [0.25, 0.3) is 16.9 Å². The van der Waals surface area contributed by atoms with Crippen LogP contribution in [0.1, 0.15) is 42.6 Å². The van der Waals surface area contributed by atoms with Crippen LogP contribution in [-0.4, -0.2) is 58.3 Å². The molecule has 0 bridgehead atoms. The molecule has 5 aromatic rings. The minimum Gasteiger partial charge on any atom is -0.492 e. The average molecular weight is 578 g/mol. The number of carbonyl (C=O) groups is 1. The van der Waals surface area contributed by atoms with Gasteiger partial charge in [-0.3, -0.25) is 9.69 Å². The van der Waals surface area contributed by atoms with Gasteiger partial charge in [0.2, 0.25) is 12.7 Å². The van der Waals surface area contributed by atoms with Crippen molar-refractivity contribution in [2.45, 2.75) is 26.7 Å². The molecule has 9 heteroatoms. The lowest BCUT2D eigenvalue weighted by molar-refractivity contribution is 0.103. The molecule has 2 aliphatic heterocycles. The van der Waals surface area contributed by atoms with Gasteiger partial charge in [0.25, 0.3) is 0 Å². The first kappa shape index (κ1) is 28.2. The van der Waals surface area contributed by atoms with E-state index in [1.165, 1.54) is 25.9 Å². The number of rotatable bonds is 9. The van der Waals surface area contributed by atoms with Crippen molar-refractivity contribution >= 4 is 23.1 Å². The molecule has 0 spiro atoms. The minimum absolute atomic E-state index is 0.0956. The Bertz CT molecular complexity index is 1710. The summed E-state index contributed by atoms with van der Waals surface area (Å²) >= 11 is 0. The molecular weight excluding hydrogens is 542 g/mol. The van der Waals surface area contributed by atoms with Crippen molar-refractivity contribution in [3.8, 4) is 28.5 Å². The number of nitrogens with one attached hydrogen (secondary N) is 1.